The Morgan fingerprint density at radius 2 is 1.96 bits per heavy atom. The van der Waals surface area contributed by atoms with Crippen LogP contribution in [0.25, 0.3) is 11.6 Å². The van der Waals surface area contributed by atoms with Crippen molar-refractivity contribution >= 4 is 23.3 Å². The second-order valence-electron chi connectivity index (χ2n) is 5.79. The molecule has 1 aliphatic rings. The summed E-state index contributed by atoms with van der Waals surface area (Å²) in [6.07, 6.45) is 8.75. The van der Waals surface area contributed by atoms with Gasteiger partial charge in [-0.05, 0) is 53.5 Å². The predicted molar refractivity (Wildman–Crippen MR) is 105 cm³/mol. The molecule has 0 radical (unpaired) electrons. The molecule has 1 aromatic carbocycles. The third kappa shape index (κ3) is 3.67. The largest absolute Gasteiger partial charge is 0.331 e. The molecule has 0 unspecified atom stereocenters. The molecule has 0 amide bonds. The van der Waals surface area contributed by atoms with E-state index in [0.29, 0.717) is 0 Å². The van der Waals surface area contributed by atoms with Crippen LogP contribution in [0.4, 0.5) is 0 Å². The van der Waals surface area contributed by atoms with E-state index in [1.54, 1.807) is 0 Å². The molecular formula is C21H22ClN3. The molecule has 1 aliphatic carbocycles. The van der Waals surface area contributed by atoms with E-state index in [2.05, 4.69) is 38.8 Å². The molecule has 4 heteroatoms. The molecule has 3 nitrogen and oxygen atoms in total. The van der Waals surface area contributed by atoms with Crippen LogP contribution < -0.4 is 0 Å². The van der Waals surface area contributed by atoms with E-state index in [1.165, 1.54) is 22.3 Å². The molecule has 0 atom stereocenters. The summed E-state index contributed by atoms with van der Waals surface area (Å²) in [4.78, 5) is 8.87. The van der Waals surface area contributed by atoms with Crippen molar-refractivity contribution in [2.75, 3.05) is 0 Å². The van der Waals surface area contributed by atoms with Gasteiger partial charge in [0.1, 0.15) is 5.82 Å². The van der Waals surface area contributed by atoms with Gasteiger partial charge in [-0.2, -0.15) is 0 Å². The van der Waals surface area contributed by atoms with E-state index in [4.69, 9.17) is 11.6 Å². The van der Waals surface area contributed by atoms with Crippen LogP contribution in [0.3, 0.4) is 0 Å². The van der Waals surface area contributed by atoms with Gasteiger partial charge in [-0.15, -0.1) is 0 Å². The van der Waals surface area contributed by atoms with E-state index in [9.17, 15) is 0 Å². The molecule has 3 aromatic rings. The van der Waals surface area contributed by atoms with E-state index in [-0.39, 0.29) is 0 Å². The molecule has 0 saturated heterocycles. The Bertz CT molecular complexity index is 909. The zero-order valence-corrected chi connectivity index (χ0v) is 15.6. The van der Waals surface area contributed by atoms with Crippen LogP contribution in [-0.2, 0) is 13.0 Å². The van der Waals surface area contributed by atoms with Crippen molar-refractivity contribution in [1.82, 2.24) is 14.5 Å². The Hall–Kier alpha value is -2.39. The molecule has 2 aromatic heterocycles. The predicted octanol–water partition coefficient (Wildman–Crippen LogP) is 5.41. The highest BCUT2D eigenvalue weighted by Crippen LogP contribution is 2.32. The zero-order chi connectivity index (χ0) is 17.8. The van der Waals surface area contributed by atoms with Gasteiger partial charge in [0.2, 0.25) is 0 Å². The number of aryl methyl sites for hydroxylation is 1. The number of imidazole rings is 1. The monoisotopic (exact) mass is 351 g/mol. The number of pyridine rings is 1. The minimum absolute atomic E-state index is 0.760. The molecule has 128 valence electrons. The van der Waals surface area contributed by atoms with Gasteiger partial charge >= 0.3 is 0 Å². The Morgan fingerprint density at radius 3 is 2.72 bits per heavy atom. The highest BCUT2D eigenvalue weighted by atomic mass is 35.5. The van der Waals surface area contributed by atoms with Gasteiger partial charge in [0, 0.05) is 36.6 Å². The zero-order valence-electron chi connectivity index (χ0n) is 14.8. The van der Waals surface area contributed by atoms with Crippen LogP contribution in [0.5, 0.6) is 0 Å². The second kappa shape index (κ2) is 7.66. The van der Waals surface area contributed by atoms with Crippen molar-refractivity contribution in [2.45, 2.75) is 33.7 Å². The summed E-state index contributed by atoms with van der Waals surface area (Å²) in [5.74, 6) is 1.00. The van der Waals surface area contributed by atoms with Crippen molar-refractivity contribution in [3.63, 3.8) is 0 Å². The molecule has 4 rings (SSSR count). The molecule has 25 heavy (non-hydrogen) atoms. The lowest BCUT2D eigenvalue weighted by Crippen LogP contribution is -2.03. The lowest BCUT2D eigenvalue weighted by molar-refractivity contribution is 0.794. The minimum Gasteiger partial charge on any atom is -0.331 e. The Labute approximate surface area is 154 Å². The number of benzene rings is 1. The van der Waals surface area contributed by atoms with Crippen LogP contribution in [0.1, 0.15) is 42.1 Å². The quantitative estimate of drug-likeness (QED) is 0.618. The number of rotatable bonds is 2. The van der Waals surface area contributed by atoms with Gasteiger partial charge in [0.25, 0.3) is 0 Å². The molecule has 0 N–H and O–H groups in total. The Kier molecular flexibility index (Phi) is 5.34. The second-order valence-corrected chi connectivity index (χ2v) is 6.23. The Morgan fingerprint density at radius 1 is 1.12 bits per heavy atom. The van der Waals surface area contributed by atoms with Crippen LogP contribution >= 0.6 is 11.6 Å². The third-order valence-corrected chi connectivity index (χ3v) is 4.53. The summed E-state index contributed by atoms with van der Waals surface area (Å²) >= 11 is 6.26. The first-order valence-corrected chi connectivity index (χ1v) is 8.99. The minimum atomic E-state index is 0.760. The van der Waals surface area contributed by atoms with Crippen molar-refractivity contribution in [3.05, 3.63) is 82.2 Å². The average Bonchev–Trinajstić information content (AvgIpc) is 2.96. The van der Waals surface area contributed by atoms with E-state index >= 15 is 0 Å². The third-order valence-electron chi connectivity index (χ3n) is 4.30. The number of hydrogen-bond donors (Lipinski definition) is 0. The number of fused-ring (bicyclic) bond motifs is 2. The SMILES string of the molecule is CC.Cc1nccn1CC1=Cc2cccnc2Cc2ccc(Cl)cc21. The summed E-state index contributed by atoms with van der Waals surface area (Å²) in [5, 5.41) is 0.760. The van der Waals surface area contributed by atoms with Gasteiger partial charge in [-0.25, -0.2) is 4.98 Å². The maximum absolute atomic E-state index is 6.26. The average molecular weight is 352 g/mol. The first-order valence-electron chi connectivity index (χ1n) is 8.62. The summed E-state index contributed by atoms with van der Waals surface area (Å²) in [5.41, 5.74) is 5.97. The topological polar surface area (TPSA) is 30.7 Å². The fourth-order valence-corrected chi connectivity index (χ4v) is 3.23. The summed E-state index contributed by atoms with van der Waals surface area (Å²) in [6, 6.07) is 10.2. The van der Waals surface area contributed by atoms with Crippen molar-refractivity contribution in [3.8, 4) is 0 Å². The van der Waals surface area contributed by atoms with E-state index in [1.807, 2.05) is 51.5 Å². The van der Waals surface area contributed by atoms with Gasteiger partial charge in [0.15, 0.2) is 0 Å². The van der Waals surface area contributed by atoms with Gasteiger partial charge in [0.05, 0.1) is 5.69 Å². The normalized spacial score (nSPS) is 12.2. The Balaban J connectivity index is 0.000000880. The highest BCUT2D eigenvalue weighted by molar-refractivity contribution is 6.30. The fraction of sp³-hybridized carbons (Fsp3) is 0.238. The molecule has 0 saturated carbocycles. The molecule has 0 spiro atoms. The molecule has 0 aliphatic heterocycles. The van der Waals surface area contributed by atoms with E-state index < -0.39 is 0 Å². The van der Waals surface area contributed by atoms with Crippen LogP contribution in [0, 0.1) is 6.92 Å². The van der Waals surface area contributed by atoms with Crippen molar-refractivity contribution < 1.29 is 0 Å². The van der Waals surface area contributed by atoms with Crippen LogP contribution in [0.15, 0.2) is 48.9 Å². The first kappa shape index (κ1) is 17.4. The van der Waals surface area contributed by atoms with E-state index in [0.717, 1.165) is 29.5 Å². The summed E-state index contributed by atoms with van der Waals surface area (Å²) in [6.45, 7) is 6.79. The van der Waals surface area contributed by atoms with Crippen molar-refractivity contribution in [1.29, 1.82) is 0 Å². The molecule has 2 heterocycles. The van der Waals surface area contributed by atoms with Crippen molar-refractivity contribution in [2.24, 2.45) is 0 Å². The molecule has 0 fully saturated rings. The van der Waals surface area contributed by atoms with Crippen LogP contribution in [0.2, 0.25) is 5.02 Å². The highest BCUT2D eigenvalue weighted by Gasteiger charge is 2.17. The molecule has 0 bridgehead atoms. The van der Waals surface area contributed by atoms with Crippen LogP contribution in [-0.4, -0.2) is 14.5 Å². The van der Waals surface area contributed by atoms with Gasteiger partial charge < -0.3 is 4.57 Å². The standard InChI is InChI=1S/C19H16ClN3.C2H6/c1-13-21-7-8-23(13)12-16-9-15-3-2-6-22-19(15)10-14-4-5-17(20)11-18(14)16;1-2/h2-9,11H,10,12H2,1H3;1-2H3. The molecular weight excluding hydrogens is 330 g/mol. The first-order chi connectivity index (χ1) is 12.2. The maximum Gasteiger partial charge on any atom is 0.105 e. The lowest BCUT2D eigenvalue weighted by atomic mass is 9.98. The number of hydrogen-bond acceptors (Lipinski definition) is 2. The maximum atomic E-state index is 6.26. The number of allylic oxidation sites excluding steroid dienone is 1. The summed E-state index contributed by atoms with van der Waals surface area (Å²) < 4.78 is 2.15. The summed E-state index contributed by atoms with van der Waals surface area (Å²) in [7, 11) is 0. The van der Waals surface area contributed by atoms with Gasteiger partial charge in [-0.3, -0.25) is 4.98 Å². The fourth-order valence-electron chi connectivity index (χ4n) is 3.06. The van der Waals surface area contributed by atoms with Gasteiger partial charge in [-0.1, -0.05) is 37.6 Å². The lowest BCUT2D eigenvalue weighted by Gasteiger charge is -2.13. The smallest absolute Gasteiger partial charge is 0.105 e. The number of nitrogens with zero attached hydrogens (tertiary/aromatic N) is 3. The number of aromatic nitrogens is 3. The number of halogens is 1.